The lowest BCUT2D eigenvalue weighted by molar-refractivity contribution is -0.137. The molecule has 0 atom stereocenters. The van der Waals surface area contributed by atoms with Gasteiger partial charge in [0, 0.05) is 20.1 Å². The Bertz CT molecular complexity index is 1180. The highest BCUT2D eigenvalue weighted by molar-refractivity contribution is 6.29. The van der Waals surface area contributed by atoms with E-state index < -0.39 is 11.7 Å². The van der Waals surface area contributed by atoms with Crippen LogP contribution in [0.5, 0.6) is 0 Å². The SMILES string of the molecule is CNc1ccc(Cl)nc1C(=O)N(CCc1cccc(C(F)(F)F)c1)Cc1ccc(C2CCC2)cc1. The van der Waals surface area contributed by atoms with Gasteiger partial charge < -0.3 is 10.2 Å². The fourth-order valence-electron chi connectivity index (χ4n) is 4.23. The van der Waals surface area contributed by atoms with Crippen molar-refractivity contribution in [3.8, 4) is 0 Å². The van der Waals surface area contributed by atoms with Crippen LogP contribution in [0.15, 0.2) is 60.7 Å². The number of rotatable bonds is 8. The van der Waals surface area contributed by atoms with Gasteiger partial charge in [-0.15, -0.1) is 0 Å². The molecule has 0 saturated heterocycles. The van der Waals surface area contributed by atoms with E-state index in [1.54, 1.807) is 30.1 Å². The van der Waals surface area contributed by atoms with Gasteiger partial charge in [0.25, 0.3) is 5.91 Å². The second-order valence-electron chi connectivity index (χ2n) is 8.82. The van der Waals surface area contributed by atoms with Crippen molar-refractivity contribution in [1.29, 1.82) is 0 Å². The lowest BCUT2D eigenvalue weighted by Crippen LogP contribution is -2.33. The molecule has 2 aromatic carbocycles. The van der Waals surface area contributed by atoms with Gasteiger partial charge in [-0.2, -0.15) is 13.2 Å². The molecule has 0 aliphatic heterocycles. The molecular formula is C27H27ClF3N3O. The normalized spacial score (nSPS) is 13.9. The Balaban J connectivity index is 1.57. The number of benzene rings is 2. The van der Waals surface area contributed by atoms with Gasteiger partial charge in [0.15, 0.2) is 5.69 Å². The minimum absolute atomic E-state index is 0.176. The van der Waals surface area contributed by atoms with Crippen LogP contribution < -0.4 is 5.32 Å². The van der Waals surface area contributed by atoms with Crippen LogP contribution in [0.3, 0.4) is 0 Å². The second-order valence-corrected chi connectivity index (χ2v) is 9.21. The van der Waals surface area contributed by atoms with Crippen LogP contribution >= 0.6 is 11.6 Å². The zero-order chi connectivity index (χ0) is 25.0. The Labute approximate surface area is 208 Å². The Morgan fingerprint density at radius 1 is 1.09 bits per heavy atom. The maximum absolute atomic E-state index is 13.5. The van der Waals surface area contributed by atoms with Crippen molar-refractivity contribution in [3.63, 3.8) is 0 Å². The van der Waals surface area contributed by atoms with E-state index in [2.05, 4.69) is 22.4 Å². The average Bonchev–Trinajstić information content (AvgIpc) is 2.81. The highest BCUT2D eigenvalue weighted by Crippen LogP contribution is 2.36. The maximum atomic E-state index is 13.5. The Morgan fingerprint density at radius 3 is 2.46 bits per heavy atom. The van der Waals surface area contributed by atoms with Crippen molar-refractivity contribution >= 4 is 23.2 Å². The first-order valence-corrected chi connectivity index (χ1v) is 12.0. The summed E-state index contributed by atoms with van der Waals surface area (Å²) < 4.78 is 39.5. The Kier molecular flexibility index (Phi) is 7.65. The summed E-state index contributed by atoms with van der Waals surface area (Å²) in [5, 5.41) is 3.15. The van der Waals surface area contributed by atoms with Gasteiger partial charge in [-0.05, 0) is 60.1 Å². The summed E-state index contributed by atoms with van der Waals surface area (Å²) in [7, 11) is 1.69. The smallest absolute Gasteiger partial charge is 0.386 e. The van der Waals surface area contributed by atoms with E-state index in [9.17, 15) is 18.0 Å². The van der Waals surface area contributed by atoms with Crippen LogP contribution in [-0.4, -0.2) is 29.4 Å². The van der Waals surface area contributed by atoms with Crippen LogP contribution in [0.25, 0.3) is 0 Å². The monoisotopic (exact) mass is 501 g/mol. The van der Waals surface area contributed by atoms with E-state index >= 15 is 0 Å². The number of carbonyl (C=O) groups excluding carboxylic acids is 1. The van der Waals surface area contributed by atoms with Crippen molar-refractivity contribution in [3.05, 3.63) is 93.8 Å². The molecular weight excluding hydrogens is 475 g/mol. The molecule has 1 aliphatic carbocycles. The molecule has 0 unspecified atom stereocenters. The minimum Gasteiger partial charge on any atom is -0.386 e. The van der Waals surface area contributed by atoms with Gasteiger partial charge in [0.1, 0.15) is 5.15 Å². The summed E-state index contributed by atoms with van der Waals surface area (Å²) in [5.74, 6) is 0.267. The topological polar surface area (TPSA) is 45.2 Å². The molecule has 0 spiro atoms. The van der Waals surface area contributed by atoms with Gasteiger partial charge in [-0.1, -0.05) is 60.5 Å². The third-order valence-corrected chi connectivity index (χ3v) is 6.69. The number of anilines is 1. The van der Waals surface area contributed by atoms with E-state index in [1.165, 1.54) is 30.9 Å². The number of carbonyl (C=O) groups is 1. The van der Waals surface area contributed by atoms with E-state index in [0.29, 0.717) is 23.7 Å². The van der Waals surface area contributed by atoms with E-state index in [0.717, 1.165) is 17.7 Å². The number of halogens is 4. The minimum atomic E-state index is -4.42. The predicted molar refractivity (Wildman–Crippen MR) is 132 cm³/mol. The summed E-state index contributed by atoms with van der Waals surface area (Å²) in [6.07, 6.45) is -0.488. The number of hydrogen-bond acceptors (Lipinski definition) is 3. The van der Waals surface area contributed by atoms with Gasteiger partial charge in [-0.25, -0.2) is 4.98 Å². The van der Waals surface area contributed by atoms with Crippen molar-refractivity contribution in [1.82, 2.24) is 9.88 Å². The van der Waals surface area contributed by atoms with Crippen LogP contribution in [0.4, 0.5) is 18.9 Å². The number of nitrogens with one attached hydrogen (secondary N) is 1. The van der Waals surface area contributed by atoms with E-state index in [1.807, 2.05) is 12.1 Å². The van der Waals surface area contributed by atoms with Gasteiger partial charge in [0.05, 0.1) is 11.3 Å². The first-order chi connectivity index (χ1) is 16.7. The number of nitrogens with zero attached hydrogens (tertiary/aromatic N) is 2. The number of aromatic nitrogens is 1. The molecule has 0 bridgehead atoms. The third-order valence-electron chi connectivity index (χ3n) is 6.47. The molecule has 3 aromatic rings. The molecule has 1 aliphatic rings. The van der Waals surface area contributed by atoms with Crippen LogP contribution in [0, 0.1) is 0 Å². The molecule has 35 heavy (non-hydrogen) atoms. The average molecular weight is 502 g/mol. The van der Waals surface area contributed by atoms with Gasteiger partial charge >= 0.3 is 6.18 Å². The zero-order valence-corrected chi connectivity index (χ0v) is 20.2. The summed E-state index contributed by atoms with van der Waals surface area (Å²) >= 11 is 6.07. The Hall–Kier alpha value is -3.06. The third kappa shape index (κ3) is 6.14. The summed E-state index contributed by atoms with van der Waals surface area (Å²) in [5.41, 5.74) is 2.76. The molecule has 1 heterocycles. The molecule has 184 valence electrons. The fraction of sp³-hybridized carbons (Fsp3) is 0.333. The standard InChI is InChI=1S/C27H27ClF3N3O/c1-32-23-12-13-24(28)33-25(23)26(35)34(15-14-18-4-2-7-22(16-18)27(29,30)31)17-19-8-10-21(11-9-19)20-5-3-6-20/h2,4,7-13,16,20,32H,3,5-6,14-15,17H2,1H3. The number of alkyl halides is 3. The number of pyridine rings is 1. The highest BCUT2D eigenvalue weighted by atomic mass is 35.5. The largest absolute Gasteiger partial charge is 0.416 e. The van der Waals surface area contributed by atoms with Crippen molar-refractivity contribution < 1.29 is 18.0 Å². The Morgan fingerprint density at radius 2 is 1.83 bits per heavy atom. The molecule has 1 saturated carbocycles. The van der Waals surface area contributed by atoms with Gasteiger partial charge in [0.2, 0.25) is 0 Å². The number of hydrogen-bond donors (Lipinski definition) is 1. The van der Waals surface area contributed by atoms with Crippen molar-refractivity contribution in [2.24, 2.45) is 0 Å². The molecule has 1 N–H and O–H groups in total. The molecule has 4 nitrogen and oxygen atoms in total. The highest BCUT2D eigenvalue weighted by Gasteiger charge is 2.30. The van der Waals surface area contributed by atoms with Crippen LogP contribution in [0.2, 0.25) is 5.15 Å². The van der Waals surface area contributed by atoms with Crippen LogP contribution in [0.1, 0.15) is 57.9 Å². The molecule has 8 heteroatoms. The number of amides is 1. The first-order valence-electron chi connectivity index (χ1n) is 11.6. The van der Waals surface area contributed by atoms with E-state index in [-0.39, 0.29) is 29.7 Å². The summed E-state index contributed by atoms with van der Waals surface area (Å²) in [6.45, 7) is 0.530. The molecule has 0 radical (unpaired) electrons. The van der Waals surface area contributed by atoms with E-state index in [4.69, 9.17) is 11.6 Å². The second kappa shape index (κ2) is 10.7. The van der Waals surface area contributed by atoms with Crippen molar-refractivity contribution in [2.45, 2.75) is 44.3 Å². The molecule has 1 aromatic heterocycles. The first kappa shape index (κ1) is 25.0. The maximum Gasteiger partial charge on any atom is 0.416 e. The van der Waals surface area contributed by atoms with Gasteiger partial charge in [-0.3, -0.25) is 4.79 Å². The summed E-state index contributed by atoms with van der Waals surface area (Å²) in [6, 6.07) is 16.7. The lowest BCUT2D eigenvalue weighted by Gasteiger charge is -2.27. The zero-order valence-electron chi connectivity index (χ0n) is 19.4. The van der Waals surface area contributed by atoms with Crippen LogP contribution in [-0.2, 0) is 19.1 Å². The fourth-order valence-corrected chi connectivity index (χ4v) is 4.37. The molecule has 1 fully saturated rings. The quantitative estimate of drug-likeness (QED) is 0.340. The summed E-state index contributed by atoms with van der Waals surface area (Å²) in [4.78, 5) is 19.4. The lowest BCUT2D eigenvalue weighted by atomic mass is 9.80. The van der Waals surface area contributed by atoms with Crippen molar-refractivity contribution in [2.75, 3.05) is 18.9 Å². The predicted octanol–water partition coefficient (Wildman–Crippen LogP) is 6.95. The molecule has 1 amide bonds. The molecule has 4 rings (SSSR count).